The molecule has 0 saturated carbocycles. The van der Waals surface area contributed by atoms with Crippen LogP contribution in [0.2, 0.25) is 0 Å². The summed E-state index contributed by atoms with van der Waals surface area (Å²) in [6.07, 6.45) is 2.44. The highest BCUT2D eigenvalue weighted by molar-refractivity contribution is 7.89. The fraction of sp³-hybridized carbons (Fsp3) is 0.625. The third kappa shape index (κ3) is 4.04. The van der Waals surface area contributed by atoms with E-state index in [-0.39, 0.29) is 23.0 Å². The molecule has 1 N–H and O–H groups in total. The molecule has 0 unspecified atom stereocenters. The Balaban J connectivity index is 2.32. The largest absolute Gasteiger partial charge is 0.464 e. The summed E-state index contributed by atoms with van der Waals surface area (Å²) in [5.74, 6) is -0.926. The Morgan fingerprint density at radius 1 is 1.32 bits per heavy atom. The zero-order valence-corrected chi connectivity index (χ0v) is 16.0. The lowest BCUT2D eigenvalue weighted by Gasteiger charge is -2.27. The van der Waals surface area contributed by atoms with Gasteiger partial charge >= 0.3 is 5.97 Å². The van der Waals surface area contributed by atoms with Crippen molar-refractivity contribution in [1.29, 1.82) is 0 Å². The van der Waals surface area contributed by atoms with E-state index < -0.39 is 27.6 Å². The monoisotopic (exact) mass is 371 g/mol. The van der Waals surface area contributed by atoms with Crippen molar-refractivity contribution in [1.82, 2.24) is 14.2 Å². The average Bonchev–Trinajstić information content (AvgIpc) is 3.11. The summed E-state index contributed by atoms with van der Waals surface area (Å²) >= 11 is 0. The van der Waals surface area contributed by atoms with Gasteiger partial charge in [0.2, 0.25) is 15.9 Å². The van der Waals surface area contributed by atoms with Gasteiger partial charge in [-0.2, -0.15) is 4.31 Å². The quantitative estimate of drug-likeness (QED) is 0.793. The Bertz CT molecular complexity index is 776. The summed E-state index contributed by atoms with van der Waals surface area (Å²) in [4.78, 5) is 24.2. The molecule has 0 bridgehead atoms. The molecule has 1 amide bonds. The van der Waals surface area contributed by atoms with Crippen LogP contribution in [-0.4, -0.2) is 54.4 Å². The topological polar surface area (TPSA) is 97.7 Å². The molecule has 8 nitrogen and oxygen atoms in total. The van der Waals surface area contributed by atoms with Crippen LogP contribution in [0.3, 0.4) is 0 Å². The first-order valence-electron chi connectivity index (χ1n) is 8.06. The van der Waals surface area contributed by atoms with Gasteiger partial charge in [0.1, 0.15) is 16.6 Å². The Kier molecular flexibility index (Phi) is 5.29. The summed E-state index contributed by atoms with van der Waals surface area (Å²) in [6, 6.07) is 0.532. The molecule has 0 aliphatic carbocycles. The van der Waals surface area contributed by atoms with Crippen molar-refractivity contribution in [2.45, 2.75) is 50.1 Å². The van der Waals surface area contributed by atoms with Crippen LogP contribution in [0.25, 0.3) is 0 Å². The van der Waals surface area contributed by atoms with Gasteiger partial charge in [0.15, 0.2) is 0 Å². The van der Waals surface area contributed by atoms with Gasteiger partial charge in [-0.3, -0.25) is 4.79 Å². The predicted molar refractivity (Wildman–Crippen MR) is 91.6 cm³/mol. The van der Waals surface area contributed by atoms with Crippen molar-refractivity contribution in [2.24, 2.45) is 7.05 Å². The number of aromatic nitrogens is 1. The molecule has 0 spiro atoms. The van der Waals surface area contributed by atoms with Gasteiger partial charge in [-0.25, -0.2) is 13.2 Å². The molecule has 0 aromatic carbocycles. The van der Waals surface area contributed by atoms with Crippen LogP contribution < -0.4 is 5.32 Å². The lowest BCUT2D eigenvalue weighted by atomic mass is 10.1. The van der Waals surface area contributed by atoms with Crippen LogP contribution in [0.4, 0.5) is 0 Å². The van der Waals surface area contributed by atoms with E-state index in [9.17, 15) is 18.0 Å². The summed E-state index contributed by atoms with van der Waals surface area (Å²) < 4.78 is 33.2. The van der Waals surface area contributed by atoms with Gasteiger partial charge < -0.3 is 14.6 Å². The maximum absolute atomic E-state index is 13.0. The molecular weight excluding hydrogens is 346 g/mol. The number of rotatable bonds is 4. The average molecular weight is 371 g/mol. The van der Waals surface area contributed by atoms with E-state index in [4.69, 9.17) is 0 Å². The minimum atomic E-state index is -3.89. The van der Waals surface area contributed by atoms with E-state index in [1.807, 2.05) is 20.8 Å². The molecule has 2 heterocycles. The normalized spacial score (nSPS) is 19.0. The molecule has 1 saturated heterocycles. The minimum Gasteiger partial charge on any atom is -0.464 e. The number of carbonyl (C=O) groups is 2. The van der Waals surface area contributed by atoms with Crippen LogP contribution in [0, 0.1) is 0 Å². The number of esters is 1. The summed E-state index contributed by atoms with van der Waals surface area (Å²) in [5.41, 5.74) is -0.309. The van der Waals surface area contributed by atoms with Crippen LogP contribution in [0.5, 0.6) is 0 Å². The summed E-state index contributed by atoms with van der Waals surface area (Å²) in [7, 11) is -1.09. The standard InChI is InChI=1S/C16H25N3O5S/c1-16(2,3)17-14(20)12-7-6-8-19(12)25(22,23)11-9-13(15(21)24-5)18(4)10-11/h9-10,12H,6-8H2,1-5H3,(H,17,20)/t12-/m0/s1. The van der Waals surface area contributed by atoms with E-state index in [2.05, 4.69) is 10.1 Å². The van der Waals surface area contributed by atoms with Gasteiger partial charge in [-0.15, -0.1) is 0 Å². The van der Waals surface area contributed by atoms with Crippen LogP contribution in [0.1, 0.15) is 44.1 Å². The summed E-state index contributed by atoms with van der Waals surface area (Å²) in [5, 5.41) is 2.83. The molecule has 1 aliphatic rings. The second-order valence-corrected chi connectivity index (χ2v) is 9.07. The molecule has 1 atom stereocenters. The molecule has 0 radical (unpaired) electrons. The first-order chi connectivity index (χ1) is 11.5. The van der Waals surface area contributed by atoms with Gasteiger partial charge in [-0.05, 0) is 39.7 Å². The third-order valence-corrected chi connectivity index (χ3v) is 5.86. The van der Waals surface area contributed by atoms with E-state index in [1.54, 1.807) is 7.05 Å². The molecule has 9 heteroatoms. The van der Waals surface area contributed by atoms with Gasteiger partial charge in [0.05, 0.1) is 7.11 Å². The van der Waals surface area contributed by atoms with Crippen molar-refractivity contribution < 1.29 is 22.7 Å². The van der Waals surface area contributed by atoms with Crippen LogP contribution in [-0.2, 0) is 26.6 Å². The molecular formula is C16H25N3O5S. The Labute approximate surface area is 148 Å². The van der Waals surface area contributed by atoms with Crippen LogP contribution in [0.15, 0.2) is 17.2 Å². The number of ether oxygens (including phenoxy) is 1. The Hall–Kier alpha value is -1.87. The molecule has 1 aromatic rings. The highest BCUT2D eigenvalue weighted by Gasteiger charge is 2.41. The number of aryl methyl sites for hydroxylation is 1. The number of nitrogens with zero attached hydrogens (tertiary/aromatic N) is 2. The van der Waals surface area contributed by atoms with Crippen molar-refractivity contribution in [3.63, 3.8) is 0 Å². The highest BCUT2D eigenvalue weighted by atomic mass is 32.2. The number of hydrogen-bond donors (Lipinski definition) is 1. The predicted octanol–water partition coefficient (Wildman–Crippen LogP) is 0.880. The first kappa shape index (κ1) is 19.5. The fourth-order valence-electron chi connectivity index (χ4n) is 2.86. The number of hydrogen-bond acceptors (Lipinski definition) is 5. The van der Waals surface area contributed by atoms with E-state index in [0.717, 1.165) is 0 Å². The van der Waals surface area contributed by atoms with Crippen molar-refractivity contribution in [3.05, 3.63) is 18.0 Å². The number of nitrogens with one attached hydrogen (secondary N) is 1. The summed E-state index contributed by atoms with van der Waals surface area (Å²) in [6.45, 7) is 5.81. The number of carbonyl (C=O) groups excluding carboxylic acids is 2. The molecule has 1 aromatic heterocycles. The second-order valence-electron chi connectivity index (χ2n) is 7.18. The maximum atomic E-state index is 13.0. The molecule has 1 fully saturated rings. The van der Waals surface area contributed by atoms with Crippen molar-refractivity contribution in [2.75, 3.05) is 13.7 Å². The zero-order valence-electron chi connectivity index (χ0n) is 15.2. The second kappa shape index (κ2) is 6.80. The minimum absolute atomic E-state index is 0.0224. The van der Waals surface area contributed by atoms with Gasteiger partial charge in [0.25, 0.3) is 0 Å². The zero-order chi connectivity index (χ0) is 19.0. The van der Waals surface area contributed by atoms with Crippen molar-refractivity contribution in [3.8, 4) is 0 Å². The number of amides is 1. The lowest BCUT2D eigenvalue weighted by Crippen LogP contribution is -2.51. The Morgan fingerprint density at radius 3 is 2.52 bits per heavy atom. The van der Waals surface area contributed by atoms with E-state index in [1.165, 1.54) is 28.2 Å². The molecule has 140 valence electrons. The number of methoxy groups -OCH3 is 1. The highest BCUT2D eigenvalue weighted by Crippen LogP contribution is 2.27. The van der Waals surface area contributed by atoms with E-state index >= 15 is 0 Å². The van der Waals surface area contributed by atoms with Gasteiger partial charge in [0, 0.05) is 25.3 Å². The van der Waals surface area contributed by atoms with Crippen molar-refractivity contribution >= 4 is 21.9 Å². The number of sulfonamides is 1. The van der Waals surface area contributed by atoms with Crippen LogP contribution >= 0.6 is 0 Å². The first-order valence-corrected chi connectivity index (χ1v) is 9.50. The maximum Gasteiger partial charge on any atom is 0.354 e. The SMILES string of the molecule is COC(=O)c1cc(S(=O)(=O)N2CCC[C@H]2C(=O)NC(C)(C)C)cn1C. The molecule has 2 rings (SSSR count). The Morgan fingerprint density at radius 2 is 1.96 bits per heavy atom. The fourth-order valence-corrected chi connectivity index (χ4v) is 4.59. The lowest BCUT2D eigenvalue weighted by molar-refractivity contribution is -0.125. The molecule has 1 aliphatic heterocycles. The molecule has 25 heavy (non-hydrogen) atoms. The smallest absolute Gasteiger partial charge is 0.354 e. The van der Waals surface area contributed by atoms with Gasteiger partial charge in [-0.1, -0.05) is 0 Å². The third-order valence-electron chi connectivity index (χ3n) is 3.99. The van der Waals surface area contributed by atoms with E-state index in [0.29, 0.717) is 12.8 Å².